The zero-order chi connectivity index (χ0) is 8.67. The summed E-state index contributed by atoms with van der Waals surface area (Å²) >= 11 is 0. The van der Waals surface area contributed by atoms with E-state index in [4.69, 9.17) is 0 Å². The fraction of sp³-hybridized carbons (Fsp3) is 0.300. The Kier molecular flexibility index (Phi) is 1.33. The van der Waals surface area contributed by atoms with Crippen LogP contribution in [0.3, 0.4) is 0 Å². The van der Waals surface area contributed by atoms with Crippen molar-refractivity contribution in [2.45, 2.75) is 12.7 Å². The molecule has 3 nitrogen and oxygen atoms in total. The van der Waals surface area contributed by atoms with E-state index >= 15 is 0 Å². The molecule has 0 aliphatic carbocycles. The zero-order valence-electron chi connectivity index (χ0n) is 7.27. The fourth-order valence-electron chi connectivity index (χ4n) is 1.93. The first-order chi connectivity index (χ1) is 6.45. The van der Waals surface area contributed by atoms with Crippen LogP contribution in [0.25, 0.3) is 0 Å². The summed E-state index contributed by atoms with van der Waals surface area (Å²) in [4.78, 5) is 6.70. The monoisotopic (exact) mass is 173 g/mol. The smallest absolute Gasteiger partial charge is 0.196 e. The standard InChI is InChI=1S/C10H11N3/c1-2-5-9-8(4-1)12-10-11-6-3-7-13(9)10/h1-2,4-6,10,12H,3,7H2. The van der Waals surface area contributed by atoms with E-state index in [-0.39, 0.29) is 6.29 Å². The van der Waals surface area contributed by atoms with Crippen molar-refractivity contribution < 1.29 is 0 Å². The van der Waals surface area contributed by atoms with Gasteiger partial charge in [-0.2, -0.15) is 0 Å². The van der Waals surface area contributed by atoms with Crippen LogP contribution in [0.2, 0.25) is 0 Å². The van der Waals surface area contributed by atoms with Crippen LogP contribution in [0.1, 0.15) is 6.42 Å². The zero-order valence-corrected chi connectivity index (χ0v) is 7.27. The highest BCUT2D eigenvalue weighted by Crippen LogP contribution is 2.35. The Hall–Kier alpha value is -1.51. The van der Waals surface area contributed by atoms with E-state index in [1.165, 1.54) is 11.4 Å². The molecule has 0 amide bonds. The molecule has 3 rings (SSSR count). The van der Waals surface area contributed by atoms with Gasteiger partial charge in [-0.15, -0.1) is 0 Å². The van der Waals surface area contributed by atoms with Crippen LogP contribution in [-0.2, 0) is 0 Å². The Balaban J connectivity index is 2.07. The summed E-state index contributed by atoms with van der Waals surface area (Å²) < 4.78 is 0. The summed E-state index contributed by atoms with van der Waals surface area (Å²) in [6, 6.07) is 8.36. The topological polar surface area (TPSA) is 27.6 Å². The van der Waals surface area contributed by atoms with E-state index in [1.807, 2.05) is 12.3 Å². The van der Waals surface area contributed by atoms with Crippen molar-refractivity contribution in [1.82, 2.24) is 0 Å². The highest BCUT2D eigenvalue weighted by atomic mass is 15.4. The fourth-order valence-corrected chi connectivity index (χ4v) is 1.93. The minimum Gasteiger partial charge on any atom is -0.345 e. The van der Waals surface area contributed by atoms with Gasteiger partial charge in [-0.1, -0.05) is 12.1 Å². The number of aliphatic imine (C=N–C) groups is 1. The molecule has 1 unspecified atom stereocenters. The number of para-hydroxylation sites is 2. The predicted molar refractivity (Wildman–Crippen MR) is 54.3 cm³/mol. The van der Waals surface area contributed by atoms with Gasteiger partial charge in [0.15, 0.2) is 6.29 Å². The van der Waals surface area contributed by atoms with Gasteiger partial charge >= 0.3 is 0 Å². The summed E-state index contributed by atoms with van der Waals surface area (Å²) in [5, 5.41) is 3.36. The first-order valence-electron chi connectivity index (χ1n) is 4.59. The summed E-state index contributed by atoms with van der Waals surface area (Å²) in [6.45, 7) is 1.07. The highest BCUT2D eigenvalue weighted by molar-refractivity contribution is 5.78. The molecule has 1 N–H and O–H groups in total. The van der Waals surface area contributed by atoms with Crippen molar-refractivity contribution >= 4 is 17.6 Å². The molecule has 1 aromatic rings. The van der Waals surface area contributed by atoms with Gasteiger partial charge in [0, 0.05) is 19.2 Å². The van der Waals surface area contributed by atoms with Crippen molar-refractivity contribution in [3.63, 3.8) is 0 Å². The molecule has 2 aliphatic heterocycles. The van der Waals surface area contributed by atoms with Gasteiger partial charge < -0.3 is 10.2 Å². The molecule has 66 valence electrons. The van der Waals surface area contributed by atoms with Gasteiger partial charge in [-0.05, 0) is 12.1 Å². The van der Waals surface area contributed by atoms with E-state index in [1.54, 1.807) is 0 Å². The third kappa shape index (κ3) is 0.932. The van der Waals surface area contributed by atoms with Gasteiger partial charge in [-0.25, -0.2) is 0 Å². The van der Waals surface area contributed by atoms with Crippen LogP contribution >= 0.6 is 0 Å². The second-order valence-corrected chi connectivity index (χ2v) is 3.35. The van der Waals surface area contributed by atoms with Crippen LogP contribution in [0.4, 0.5) is 11.4 Å². The molecule has 0 radical (unpaired) electrons. The van der Waals surface area contributed by atoms with Gasteiger partial charge in [-0.3, -0.25) is 4.99 Å². The van der Waals surface area contributed by atoms with E-state index < -0.39 is 0 Å². The van der Waals surface area contributed by atoms with Crippen LogP contribution in [0, 0.1) is 0 Å². The number of fused-ring (bicyclic) bond motifs is 3. The Morgan fingerprint density at radius 3 is 3.31 bits per heavy atom. The minimum atomic E-state index is 0.145. The number of hydrogen-bond donors (Lipinski definition) is 1. The molecule has 0 aromatic heterocycles. The lowest BCUT2D eigenvalue weighted by molar-refractivity contribution is 0.685. The molecule has 1 aromatic carbocycles. The lowest BCUT2D eigenvalue weighted by Gasteiger charge is -2.26. The summed E-state index contributed by atoms with van der Waals surface area (Å²) in [5.41, 5.74) is 2.48. The molecule has 1 atom stereocenters. The number of hydrogen-bond acceptors (Lipinski definition) is 3. The maximum Gasteiger partial charge on any atom is 0.196 e. The summed E-state index contributed by atoms with van der Waals surface area (Å²) in [5.74, 6) is 0. The Morgan fingerprint density at radius 2 is 2.31 bits per heavy atom. The lowest BCUT2D eigenvalue weighted by Crippen LogP contribution is -2.37. The number of anilines is 2. The van der Waals surface area contributed by atoms with Gasteiger partial charge in [0.1, 0.15) is 0 Å². The van der Waals surface area contributed by atoms with Crippen LogP contribution in [-0.4, -0.2) is 19.0 Å². The van der Waals surface area contributed by atoms with E-state index in [2.05, 4.69) is 33.4 Å². The SMILES string of the molecule is C1=NC2Nc3ccccc3N2CC1. The average molecular weight is 173 g/mol. The number of benzene rings is 1. The third-order valence-corrected chi connectivity index (χ3v) is 2.54. The summed E-state index contributed by atoms with van der Waals surface area (Å²) in [7, 11) is 0. The molecule has 0 bridgehead atoms. The molecular formula is C10H11N3. The van der Waals surface area contributed by atoms with Gasteiger partial charge in [0.05, 0.1) is 11.4 Å². The predicted octanol–water partition coefficient (Wildman–Crippen LogP) is 1.68. The molecule has 0 saturated heterocycles. The summed E-state index contributed by atoms with van der Waals surface area (Å²) in [6.07, 6.45) is 3.19. The second kappa shape index (κ2) is 2.49. The quantitative estimate of drug-likeness (QED) is 0.646. The molecule has 0 saturated carbocycles. The van der Waals surface area contributed by atoms with Crippen LogP contribution in [0.15, 0.2) is 29.3 Å². The van der Waals surface area contributed by atoms with Crippen molar-refractivity contribution in [3.05, 3.63) is 24.3 Å². The third-order valence-electron chi connectivity index (χ3n) is 2.54. The molecule has 0 fully saturated rings. The normalized spacial score (nSPS) is 23.7. The average Bonchev–Trinajstić information content (AvgIpc) is 2.56. The molecule has 0 spiro atoms. The first kappa shape index (κ1) is 6.95. The van der Waals surface area contributed by atoms with Crippen molar-refractivity contribution in [3.8, 4) is 0 Å². The van der Waals surface area contributed by atoms with E-state index in [0.717, 1.165) is 13.0 Å². The van der Waals surface area contributed by atoms with Crippen molar-refractivity contribution in [2.24, 2.45) is 4.99 Å². The maximum atomic E-state index is 4.40. The molecule has 2 aliphatic rings. The number of nitrogens with one attached hydrogen (secondary N) is 1. The maximum absolute atomic E-state index is 4.40. The Morgan fingerprint density at radius 1 is 1.38 bits per heavy atom. The minimum absolute atomic E-state index is 0.145. The van der Waals surface area contributed by atoms with Crippen molar-refractivity contribution in [1.29, 1.82) is 0 Å². The molecule has 3 heteroatoms. The van der Waals surface area contributed by atoms with Gasteiger partial charge in [0.2, 0.25) is 0 Å². The van der Waals surface area contributed by atoms with Crippen LogP contribution in [0.5, 0.6) is 0 Å². The van der Waals surface area contributed by atoms with Crippen LogP contribution < -0.4 is 10.2 Å². The molecular weight excluding hydrogens is 162 g/mol. The largest absolute Gasteiger partial charge is 0.345 e. The van der Waals surface area contributed by atoms with Gasteiger partial charge in [0.25, 0.3) is 0 Å². The second-order valence-electron chi connectivity index (χ2n) is 3.35. The first-order valence-corrected chi connectivity index (χ1v) is 4.59. The molecule has 2 heterocycles. The highest BCUT2D eigenvalue weighted by Gasteiger charge is 2.28. The Bertz CT molecular complexity index is 359. The lowest BCUT2D eigenvalue weighted by atomic mass is 10.2. The van der Waals surface area contributed by atoms with E-state index in [9.17, 15) is 0 Å². The van der Waals surface area contributed by atoms with Crippen molar-refractivity contribution in [2.75, 3.05) is 16.8 Å². The number of nitrogens with zero attached hydrogens (tertiary/aromatic N) is 2. The molecule has 13 heavy (non-hydrogen) atoms. The van der Waals surface area contributed by atoms with E-state index in [0.29, 0.717) is 0 Å². The Labute approximate surface area is 77.1 Å². The number of rotatable bonds is 0.